The molecular weight excluding hydrogens is 294 g/mol. The Morgan fingerprint density at radius 3 is 2.86 bits per heavy atom. The van der Waals surface area contributed by atoms with E-state index in [1.54, 1.807) is 31.4 Å². The quantitative estimate of drug-likeness (QED) is 0.646. The molecule has 0 atom stereocenters. The number of aromatic amines is 1. The lowest BCUT2D eigenvalue weighted by atomic mass is 10.2. The molecule has 0 saturated carbocycles. The summed E-state index contributed by atoms with van der Waals surface area (Å²) in [4.78, 5) is 13.7. The Balaban J connectivity index is 1.99. The minimum Gasteiger partial charge on any atom is -0.495 e. The van der Waals surface area contributed by atoms with Crippen molar-refractivity contribution in [3.63, 3.8) is 0 Å². The average molecular weight is 306 g/mol. The van der Waals surface area contributed by atoms with Crippen LogP contribution in [0.5, 0.6) is 5.75 Å². The van der Waals surface area contributed by atoms with Crippen molar-refractivity contribution in [2.75, 3.05) is 18.2 Å². The number of nitrogens with one attached hydrogen (secondary N) is 2. The molecule has 0 aliphatic rings. The molecule has 0 fully saturated rings. The molecule has 0 saturated heterocycles. The number of methoxy groups -OCH3 is 1. The molecule has 3 rings (SSSR count). The summed E-state index contributed by atoms with van der Waals surface area (Å²) in [5, 5.41) is 3.62. The fraction of sp³-hybridized carbons (Fsp3) is 0.0714. The third kappa shape index (κ3) is 2.53. The van der Waals surface area contributed by atoms with Crippen LogP contribution < -0.4 is 21.5 Å². The van der Waals surface area contributed by atoms with Gasteiger partial charge in [-0.3, -0.25) is 4.98 Å². The zero-order valence-electron chi connectivity index (χ0n) is 11.1. The number of nitrogens with two attached hydrogens (primary N) is 1. The number of benzene rings is 2. The van der Waals surface area contributed by atoms with Crippen LogP contribution in [0.25, 0.3) is 11.1 Å². The molecule has 0 radical (unpaired) electrons. The van der Waals surface area contributed by atoms with Crippen molar-refractivity contribution < 1.29 is 9.15 Å². The van der Waals surface area contributed by atoms with E-state index >= 15 is 0 Å². The molecule has 21 heavy (non-hydrogen) atoms. The molecule has 1 heterocycles. The second kappa shape index (κ2) is 5.06. The van der Waals surface area contributed by atoms with Crippen LogP contribution in [0.15, 0.2) is 39.5 Å². The molecule has 0 spiro atoms. The van der Waals surface area contributed by atoms with Gasteiger partial charge in [0.25, 0.3) is 0 Å². The molecule has 0 bridgehead atoms. The molecule has 0 aliphatic carbocycles. The van der Waals surface area contributed by atoms with Crippen LogP contribution in [0.4, 0.5) is 17.1 Å². The molecule has 6 nitrogen and oxygen atoms in total. The number of H-pyrrole nitrogens is 1. The van der Waals surface area contributed by atoms with Gasteiger partial charge in [0.05, 0.1) is 29.0 Å². The highest BCUT2D eigenvalue weighted by Crippen LogP contribution is 2.31. The molecule has 1 aromatic heterocycles. The topological polar surface area (TPSA) is 93.3 Å². The Hall–Kier alpha value is -2.60. The summed E-state index contributed by atoms with van der Waals surface area (Å²) in [5.74, 6) is 0.0684. The standard InChI is InChI=1S/C14H12ClN3O3/c1-20-12-3-2-7(4-8(12)15)17-10-6-11-13(5-9(10)16)21-14(19)18-11/h2-6,17H,16H2,1H3,(H,18,19). The minimum absolute atomic E-state index is 0.413. The maximum atomic E-state index is 11.2. The van der Waals surface area contributed by atoms with E-state index in [-0.39, 0.29) is 0 Å². The van der Waals surface area contributed by atoms with Crippen molar-refractivity contribution in [2.45, 2.75) is 0 Å². The largest absolute Gasteiger partial charge is 0.495 e. The summed E-state index contributed by atoms with van der Waals surface area (Å²) in [7, 11) is 1.55. The van der Waals surface area contributed by atoms with Gasteiger partial charge in [0.1, 0.15) is 5.75 Å². The highest BCUT2D eigenvalue weighted by atomic mass is 35.5. The minimum atomic E-state index is -0.519. The number of fused-ring (bicyclic) bond motifs is 1. The zero-order valence-corrected chi connectivity index (χ0v) is 11.8. The molecule has 0 unspecified atom stereocenters. The van der Waals surface area contributed by atoms with Gasteiger partial charge < -0.3 is 20.2 Å². The van der Waals surface area contributed by atoms with Gasteiger partial charge in [-0.05, 0) is 24.3 Å². The SMILES string of the molecule is COc1ccc(Nc2cc3[nH]c(=O)oc3cc2N)cc1Cl. The Kier molecular flexibility index (Phi) is 3.23. The van der Waals surface area contributed by atoms with Gasteiger partial charge in [0.2, 0.25) is 0 Å². The van der Waals surface area contributed by atoms with Crippen LogP contribution in [-0.4, -0.2) is 12.1 Å². The van der Waals surface area contributed by atoms with Gasteiger partial charge in [-0.15, -0.1) is 0 Å². The second-order valence-electron chi connectivity index (χ2n) is 4.42. The number of halogens is 1. The van der Waals surface area contributed by atoms with Crippen LogP contribution in [0.3, 0.4) is 0 Å². The van der Waals surface area contributed by atoms with E-state index in [4.69, 9.17) is 26.5 Å². The molecule has 3 aromatic rings. The number of hydrogen-bond acceptors (Lipinski definition) is 5. The van der Waals surface area contributed by atoms with E-state index in [2.05, 4.69) is 10.3 Å². The third-order valence-corrected chi connectivity index (χ3v) is 3.32. The lowest BCUT2D eigenvalue weighted by molar-refractivity contribution is 0.415. The lowest BCUT2D eigenvalue weighted by Gasteiger charge is -2.11. The number of oxazole rings is 1. The predicted molar refractivity (Wildman–Crippen MR) is 82.5 cm³/mol. The van der Waals surface area contributed by atoms with Crippen LogP contribution >= 0.6 is 11.6 Å². The summed E-state index contributed by atoms with van der Waals surface area (Å²) in [6.45, 7) is 0. The van der Waals surface area contributed by atoms with Crippen molar-refractivity contribution in [1.82, 2.24) is 4.98 Å². The van der Waals surface area contributed by atoms with Crippen molar-refractivity contribution in [1.29, 1.82) is 0 Å². The fourth-order valence-electron chi connectivity index (χ4n) is 2.02. The summed E-state index contributed by atoms with van der Waals surface area (Å²) in [6, 6.07) is 8.57. The molecule has 0 amide bonds. The summed E-state index contributed by atoms with van der Waals surface area (Å²) in [5.41, 5.74) is 8.76. The van der Waals surface area contributed by atoms with Crippen LogP contribution in [-0.2, 0) is 0 Å². The Morgan fingerprint density at radius 2 is 2.14 bits per heavy atom. The highest BCUT2D eigenvalue weighted by Gasteiger charge is 2.08. The van der Waals surface area contributed by atoms with E-state index in [0.29, 0.717) is 33.2 Å². The lowest BCUT2D eigenvalue weighted by Crippen LogP contribution is -1.97. The van der Waals surface area contributed by atoms with Gasteiger partial charge in [0.15, 0.2) is 5.58 Å². The average Bonchev–Trinajstić information content (AvgIpc) is 2.78. The normalized spacial score (nSPS) is 10.8. The van der Waals surface area contributed by atoms with Crippen molar-refractivity contribution in [3.8, 4) is 5.75 Å². The molecule has 108 valence electrons. The van der Waals surface area contributed by atoms with E-state index < -0.39 is 5.76 Å². The number of anilines is 3. The molecular formula is C14H12ClN3O3. The Bertz CT molecular complexity index is 870. The Morgan fingerprint density at radius 1 is 1.33 bits per heavy atom. The number of rotatable bonds is 3. The highest BCUT2D eigenvalue weighted by molar-refractivity contribution is 6.32. The van der Waals surface area contributed by atoms with Gasteiger partial charge in [0, 0.05) is 11.8 Å². The third-order valence-electron chi connectivity index (χ3n) is 3.02. The van der Waals surface area contributed by atoms with Crippen molar-refractivity contribution in [3.05, 3.63) is 45.9 Å². The summed E-state index contributed by atoms with van der Waals surface area (Å²) in [6.07, 6.45) is 0. The van der Waals surface area contributed by atoms with Crippen LogP contribution in [0.1, 0.15) is 0 Å². The number of aromatic nitrogens is 1. The van der Waals surface area contributed by atoms with Crippen molar-refractivity contribution >= 4 is 39.8 Å². The van der Waals surface area contributed by atoms with E-state index in [9.17, 15) is 4.79 Å². The van der Waals surface area contributed by atoms with Gasteiger partial charge in [-0.25, -0.2) is 4.79 Å². The summed E-state index contributed by atoms with van der Waals surface area (Å²) < 4.78 is 10.0. The van der Waals surface area contributed by atoms with Gasteiger partial charge in [-0.2, -0.15) is 0 Å². The number of ether oxygens (including phenoxy) is 1. The van der Waals surface area contributed by atoms with Crippen LogP contribution in [0.2, 0.25) is 5.02 Å². The molecule has 2 aromatic carbocycles. The fourth-order valence-corrected chi connectivity index (χ4v) is 2.28. The number of nitrogen functional groups attached to an aromatic ring is 1. The maximum absolute atomic E-state index is 11.2. The zero-order chi connectivity index (χ0) is 15.0. The first-order chi connectivity index (χ1) is 10.1. The summed E-state index contributed by atoms with van der Waals surface area (Å²) >= 11 is 6.08. The molecule has 4 N–H and O–H groups in total. The maximum Gasteiger partial charge on any atom is 0.417 e. The molecule has 0 aliphatic heterocycles. The first-order valence-electron chi connectivity index (χ1n) is 6.10. The predicted octanol–water partition coefficient (Wildman–Crippen LogP) is 3.11. The van der Waals surface area contributed by atoms with Gasteiger partial charge in [-0.1, -0.05) is 11.6 Å². The second-order valence-corrected chi connectivity index (χ2v) is 4.83. The molecule has 7 heteroatoms. The monoisotopic (exact) mass is 305 g/mol. The van der Waals surface area contributed by atoms with E-state index in [1.807, 2.05) is 6.07 Å². The van der Waals surface area contributed by atoms with E-state index in [1.165, 1.54) is 0 Å². The number of hydrogen-bond donors (Lipinski definition) is 3. The first kappa shape index (κ1) is 13.4. The Labute approximate surface area is 124 Å². The van der Waals surface area contributed by atoms with Crippen molar-refractivity contribution in [2.24, 2.45) is 0 Å². The van der Waals surface area contributed by atoms with Crippen LogP contribution in [0, 0.1) is 0 Å². The van der Waals surface area contributed by atoms with Gasteiger partial charge >= 0.3 is 5.76 Å². The first-order valence-corrected chi connectivity index (χ1v) is 6.47. The van der Waals surface area contributed by atoms with E-state index in [0.717, 1.165) is 5.69 Å². The smallest absolute Gasteiger partial charge is 0.417 e.